The molecule has 4 nitrogen and oxygen atoms in total. The van der Waals surface area contributed by atoms with Gasteiger partial charge in [-0.25, -0.2) is 87.8 Å². The van der Waals surface area contributed by atoms with Crippen molar-refractivity contribution in [2.75, 3.05) is 0 Å². The van der Waals surface area contributed by atoms with Crippen LogP contribution >= 0.6 is 0 Å². The maximum atomic E-state index is 12.1. The van der Waals surface area contributed by atoms with E-state index in [0.717, 1.165) is 0 Å². The van der Waals surface area contributed by atoms with E-state index in [2.05, 4.69) is 0 Å². The average molecular weight is 759 g/mol. The molecule has 0 N–H and O–H groups in total. The molecule has 0 radical (unpaired) electrons. The molecule has 0 fully saturated rings. The molecule has 0 saturated heterocycles. The molecule has 0 heterocycles. The molecule has 4 rings (SSSR count). The van der Waals surface area contributed by atoms with E-state index in [0.29, 0.717) is 0 Å². The largest absolute Gasteiger partial charge is 3.00 e. The minimum atomic E-state index is -2.33. The molecule has 0 aromatic heterocycles. The zero-order valence-electron chi connectivity index (χ0n) is 21.8. The van der Waals surface area contributed by atoms with Crippen LogP contribution in [-0.4, -0.2) is 17.4 Å². The zero-order chi connectivity index (χ0) is 37.9. The van der Waals surface area contributed by atoms with Gasteiger partial charge in [0.05, 0.1) is 0 Å². The van der Waals surface area contributed by atoms with E-state index in [1.807, 2.05) is 0 Å². The van der Waals surface area contributed by atoms with Crippen molar-refractivity contribution in [3.05, 3.63) is 116 Å². The molecule has 0 aliphatic carbocycles. The van der Waals surface area contributed by atoms with Gasteiger partial charge in [-0.1, -0.05) is 0 Å². The van der Waals surface area contributed by atoms with E-state index in [-0.39, 0.29) is 17.4 Å². The second kappa shape index (κ2) is 17.0. The number of benzene rings is 4. The fourth-order valence-corrected chi connectivity index (χ4v) is 2.34. The van der Waals surface area contributed by atoms with Crippen molar-refractivity contribution in [2.24, 2.45) is 0 Å². The smallest absolute Gasteiger partial charge is 0.868 e. The molecule has 0 aliphatic rings. The molecule has 264 valence electrons. The first kappa shape index (κ1) is 44.2. The van der Waals surface area contributed by atoms with Gasteiger partial charge in [-0.3, -0.25) is 0 Å². The fourth-order valence-electron chi connectivity index (χ4n) is 2.34. The molecule has 0 bridgehead atoms. The maximum absolute atomic E-state index is 12.1. The van der Waals surface area contributed by atoms with Crippen molar-refractivity contribution in [2.45, 2.75) is 0 Å². The molecule has 0 amide bonds. The van der Waals surface area contributed by atoms with Crippen LogP contribution in [0.5, 0.6) is 23.0 Å². The molecule has 49 heavy (non-hydrogen) atoms. The molecule has 25 heteroatoms. The van der Waals surface area contributed by atoms with Crippen LogP contribution in [0.1, 0.15) is 0 Å². The quantitative estimate of drug-likeness (QED) is 0.103. The van der Waals surface area contributed by atoms with E-state index in [4.69, 9.17) is 0 Å². The van der Waals surface area contributed by atoms with E-state index in [1.165, 1.54) is 0 Å². The summed E-state index contributed by atoms with van der Waals surface area (Å²) in [6, 6.07) is 0. The van der Waals surface area contributed by atoms with Gasteiger partial charge in [0.15, 0.2) is 116 Å². The molecular formula is C24AlF20O4-. The SMILES string of the molecule is [Al+3].[O-]c1c(F)c(F)c(F)c(F)c1F.[O-]c1c(F)c(F)c(F)c(F)c1F.[O-]c1c(F)c(F)c(F)c(F)c1F.[O-]c1c(F)c(F)c(F)c(F)c1F. The Morgan fingerprint density at radius 1 is 0.163 bits per heavy atom. The summed E-state index contributed by atoms with van der Waals surface area (Å²) in [4.78, 5) is 0. The minimum absolute atomic E-state index is 0. The Morgan fingerprint density at radius 3 is 0.306 bits per heavy atom. The topological polar surface area (TPSA) is 92.2 Å². The second-order valence-corrected chi connectivity index (χ2v) is 7.60. The fraction of sp³-hybridized carbons (Fsp3) is 0. The first-order valence-electron chi connectivity index (χ1n) is 10.6. The van der Waals surface area contributed by atoms with Crippen molar-refractivity contribution in [3.63, 3.8) is 0 Å². The van der Waals surface area contributed by atoms with Gasteiger partial charge in [-0.05, 0) is 23.0 Å². The Kier molecular flexibility index (Phi) is 15.4. The molecule has 0 spiro atoms. The minimum Gasteiger partial charge on any atom is -0.868 e. The maximum Gasteiger partial charge on any atom is 3.00 e. The third kappa shape index (κ3) is 8.82. The molecule has 4 aromatic rings. The summed E-state index contributed by atoms with van der Waals surface area (Å²) in [7, 11) is 0. The number of rotatable bonds is 0. The van der Waals surface area contributed by atoms with Crippen LogP contribution < -0.4 is 20.4 Å². The van der Waals surface area contributed by atoms with E-state index < -0.39 is 139 Å². The number of hydrogen-bond donors (Lipinski definition) is 0. The van der Waals surface area contributed by atoms with Gasteiger partial charge in [0.25, 0.3) is 0 Å². The summed E-state index contributed by atoms with van der Waals surface area (Å²) >= 11 is 0. The van der Waals surface area contributed by atoms with E-state index >= 15 is 0 Å². The van der Waals surface area contributed by atoms with Gasteiger partial charge in [0.2, 0.25) is 0 Å². The Hall–Kier alpha value is -4.79. The Balaban J connectivity index is 0.000000623. The van der Waals surface area contributed by atoms with Crippen LogP contribution in [0.3, 0.4) is 0 Å². The van der Waals surface area contributed by atoms with Crippen LogP contribution in [0.4, 0.5) is 87.8 Å². The van der Waals surface area contributed by atoms with Gasteiger partial charge >= 0.3 is 17.4 Å². The van der Waals surface area contributed by atoms with Gasteiger partial charge in [-0.15, -0.1) is 0 Å². The predicted octanol–water partition coefficient (Wildman–Crippen LogP) is 5.44. The second-order valence-electron chi connectivity index (χ2n) is 7.60. The Bertz CT molecular complexity index is 1200. The first-order chi connectivity index (χ1) is 21.9. The van der Waals surface area contributed by atoms with Crippen molar-refractivity contribution >= 4 is 17.4 Å². The van der Waals surface area contributed by atoms with Crippen LogP contribution in [0.15, 0.2) is 0 Å². The van der Waals surface area contributed by atoms with Crippen LogP contribution in [0, 0.1) is 116 Å². The van der Waals surface area contributed by atoms with Gasteiger partial charge < -0.3 is 20.4 Å². The predicted molar refractivity (Wildman–Crippen MR) is 108 cm³/mol. The number of halogens is 20. The van der Waals surface area contributed by atoms with E-state index in [1.54, 1.807) is 0 Å². The molecule has 0 atom stereocenters. The molecular weight excluding hydrogens is 759 g/mol. The summed E-state index contributed by atoms with van der Waals surface area (Å²) in [6.45, 7) is 0. The van der Waals surface area contributed by atoms with Gasteiger partial charge in [0.1, 0.15) is 0 Å². The van der Waals surface area contributed by atoms with Gasteiger partial charge in [-0.2, -0.15) is 0 Å². The first-order valence-corrected chi connectivity index (χ1v) is 10.6. The summed E-state index contributed by atoms with van der Waals surface area (Å²) in [5.74, 6) is -54.3. The van der Waals surface area contributed by atoms with Crippen molar-refractivity contribution < 1.29 is 108 Å². The van der Waals surface area contributed by atoms with Crippen molar-refractivity contribution in [1.29, 1.82) is 0 Å². The number of hydrogen-bond acceptors (Lipinski definition) is 4. The van der Waals surface area contributed by atoms with Crippen LogP contribution in [-0.2, 0) is 0 Å². The molecule has 0 unspecified atom stereocenters. The van der Waals surface area contributed by atoms with Gasteiger partial charge in [0, 0.05) is 0 Å². The van der Waals surface area contributed by atoms with E-state index in [9.17, 15) is 108 Å². The zero-order valence-corrected chi connectivity index (χ0v) is 22.9. The molecule has 0 saturated carbocycles. The Labute approximate surface area is 265 Å². The summed E-state index contributed by atoms with van der Waals surface area (Å²) in [6.07, 6.45) is 0. The molecule has 4 aromatic carbocycles. The monoisotopic (exact) mass is 759 g/mol. The van der Waals surface area contributed by atoms with Crippen LogP contribution in [0.2, 0.25) is 0 Å². The summed E-state index contributed by atoms with van der Waals surface area (Å²) in [5.41, 5.74) is 0. The standard InChI is InChI=1S/4C6HF5O.Al/c4*7-1-2(8)4(10)6(12)5(11)3(1)9;/h4*12H;/q;;;;+3/p-4. The van der Waals surface area contributed by atoms with Crippen molar-refractivity contribution in [1.82, 2.24) is 0 Å². The third-order valence-electron chi connectivity index (χ3n) is 4.68. The summed E-state index contributed by atoms with van der Waals surface area (Å²) in [5, 5.41) is 40.7. The molecule has 0 aliphatic heterocycles. The average Bonchev–Trinajstić information content (AvgIpc) is 3.08. The summed E-state index contributed by atoms with van der Waals surface area (Å²) < 4.78 is 242. The Morgan fingerprint density at radius 2 is 0.224 bits per heavy atom. The van der Waals surface area contributed by atoms with Crippen LogP contribution in [0.25, 0.3) is 0 Å². The van der Waals surface area contributed by atoms with Crippen molar-refractivity contribution in [3.8, 4) is 23.0 Å². The normalized spacial score (nSPS) is 10.2. The third-order valence-corrected chi connectivity index (χ3v) is 4.68.